The van der Waals surface area contributed by atoms with Gasteiger partial charge in [-0.1, -0.05) is 24.3 Å². The van der Waals surface area contributed by atoms with Crippen molar-refractivity contribution in [3.8, 4) is 23.0 Å². The number of fused-ring (bicyclic) bond motifs is 2. The molecule has 158 valence electrons. The van der Waals surface area contributed by atoms with Crippen molar-refractivity contribution in [3.05, 3.63) is 71.4 Å². The number of aromatic nitrogens is 2. The predicted octanol–water partition coefficient (Wildman–Crippen LogP) is 4.37. The summed E-state index contributed by atoms with van der Waals surface area (Å²) in [7, 11) is 2.73. The van der Waals surface area contributed by atoms with Gasteiger partial charge in [-0.15, -0.1) is 0 Å². The second kappa shape index (κ2) is 7.83. The minimum atomic E-state index is -0.865. The third-order valence-electron chi connectivity index (χ3n) is 5.54. The van der Waals surface area contributed by atoms with Crippen molar-refractivity contribution in [2.45, 2.75) is 19.8 Å². The molecule has 1 aliphatic rings. The summed E-state index contributed by atoms with van der Waals surface area (Å²) in [6.07, 6.45) is 1.64. The summed E-state index contributed by atoms with van der Waals surface area (Å²) in [6.45, 7) is 3.68. The molecule has 7 heteroatoms. The number of ether oxygens (including phenoxy) is 3. The van der Waals surface area contributed by atoms with Crippen molar-refractivity contribution in [2.75, 3.05) is 14.2 Å². The van der Waals surface area contributed by atoms with Gasteiger partial charge in [-0.3, -0.25) is 4.79 Å². The molecule has 4 rings (SSSR count). The normalized spacial score (nSPS) is 14.6. The Labute approximate surface area is 180 Å². The van der Waals surface area contributed by atoms with E-state index in [-0.39, 0.29) is 11.9 Å². The second-order valence-corrected chi connectivity index (χ2v) is 7.81. The summed E-state index contributed by atoms with van der Waals surface area (Å²) in [5.41, 5.74) is 2.67. The molecule has 1 unspecified atom stereocenters. The van der Waals surface area contributed by atoms with E-state index in [0.717, 1.165) is 16.7 Å². The van der Waals surface area contributed by atoms with Gasteiger partial charge in [0, 0.05) is 28.8 Å². The first-order chi connectivity index (χ1) is 14.9. The Hall–Kier alpha value is -3.74. The van der Waals surface area contributed by atoms with Gasteiger partial charge in [-0.2, -0.15) is 0 Å². The summed E-state index contributed by atoms with van der Waals surface area (Å²) < 4.78 is 15.8. The molecule has 3 heterocycles. The summed E-state index contributed by atoms with van der Waals surface area (Å²) in [4.78, 5) is 33.3. The first-order valence-electron chi connectivity index (χ1n) is 9.77. The molecule has 0 aliphatic carbocycles. The van der Waals surface area contributed by atoms with Gasteiger partial charge >= 0.3 is 11.9 Å². The van der Waals surface area contributed by atoms with Crippen LogP contribution in [-0.4, -0.2) is 36.1 Å². The fourth-order valence-corrected chi connectivity index (χ4v) is 3.93. The van der Waals surface area contributed by atoms with Crippen LogP contribution in [0.1, 0.15) is 41.3 Å². The summed E-state index contributed by atoms with van der Waals surface area (Å²) in [5.74, 6) is -0.257. The van der Waals surface area contributed by atoms with E-state index in [0.29, 0.717) is 23.0 Å². The Morgan fingerprint density at radius 2 is 1.65 bits per heavy atom. The minimum absolute atomic E-state index is 0.331. The smallest absolute Gasteiger partial charge is 0.337 e. The number of benzene rings is 1. The zero-order chi connectivity index (χ0) is 22.2. The van der Waals surface area contributed by atoms with Crippen molar-refractivity contribution in [3.63, 3.8) is 0 Å². The standard InChI is InChI=1S/C24H22N2O5/c1-24(2,23(28)30-4)19-16-6-5-13-25-20(16)31-21-17(19)11-12-18(26-21)14-7-9-15(10-8-14)22(27)29-3/h5-13,19H,1-4H3. The van der Waals surface area contributed by atoms with E-state index in [9.17, 15) is 9.59 Å². The maximum atomic E-state index is 12.6. The number of hydrogen-bond donors (Lipinski definition) is 0. The molecule has 0 fully saturated rings. The minimum Gasteiger partial charge on any atom is -0.469 e. The van der Waals surface area contributed by atoms with Crippen LogP contribution in [0.2, 0.25) is 0 Å². The van der Waals surface area contributed by atoms with Crippen molar-refractivity contribution in [2.24, 2.45) is 5.41 Å². The van der Waals surface area contributed by atoms with Crippen molar-refractivity contribution in [1.82, 2.24) is 9.97 Å². The number of nitrogens with zero attached hydrogens (tertiary/aromatic N) is 2. The summed E-state index contributed by atoms with van der Waals surface area (Å²) in [6, 6.07) is 14.5. The lowest BCUT2D eigenvalue weighted by Gasteiger charge is -2.36. The van der Waals surface area contributed by atoms with E-state index < -0.39 is 11.4 Å². The first kappa shape index (κ1) is 20.5. The van der Waals surface area contributed by atoms with Crippen LogP contribution in [-0.2, 0) is 14.3 Å². The van der Waals surface area contributed by atoms with E-state index in [1.165, 1.54) is 14.2 Å². The van der Waals surface area contributed by atoms with Crippen LogP contribution in [0.5, 0.6) is 11.8 Å². The van der Waals surface area contributed by atoms with E-state index in [2.05, 4.69) is 4.98 Å². The Balaban J connectivity index is 1.79. The van der Waals surface area contributed by atoms with E-state index in [1.54, 1.807) is 30.5 Å². The number of methoxy groups -OCH3 is 2. The number of pyridine rings is 2. The maximum absolute atomic E-state index is 12.6. The van der Waals surface area contributed by atoms with Crippen LogP contribution in [0.25, 0.3) is 11.3 Å². The fraction of sp³-hybridized carbons (Fsp3) is 0.250. The molecule has 0 saturated heterocycles. The molecule has 0 bridgehead atoms. The molecule has 0 radical (unpaired) electrons. The van der Waals surface area contributed by atoms with E-state index in [4.69, 9.17) is 19.2 Å². The average Bonchev–Trinajstić information content (AvgIpc) is 2.80. The second-order valence-electron chi connectivity index (χ2n) is 7.81. The molecule has 0 saturated carbocycles. The van der Waals surface area contributed by atoms with Gasteiger partial charge in [0.1, 0.15) is 0 Å². The summed E-state index contributed by atoms with van der Waals surface area (Å²) in [5, 5.41) is 0. The van der Waals surface area contributed by atoms with Crippen molar-refractivity contribution in [1.29, 1.82) is 0 Å². The summed E-state index contributed by atoms with van der Waals surface area (Å²) >= 11 is 0. The third kappa shape index (κ3) is 3.52. The SMILES string of the molecule is COC(=O)c1ccc(-c2ccc3c(n2)Oc2ncccc2C3C(C)(C)C(=O)OC)cc1. The molecular formula is C24H22N2O5. The van der Waals surface area contributed by atoms with Gasteiger partial charge < -0.3 is 14.2 Å². The Kier molecular flexibility index (Phi) is 5.19. The highest BCUT2D eigenvalue weighted by atomic mass is 16.5. The molecule has 2 aromatic heterocycles. The van der Waals surface area contributed by atoms with Crippen molar-refractivity contribution >= 4 is 11.9 Å². The van der Waals surface area contributed by atoms with Gasteiger partial charge in [-0.25, -0.2) is 14.8 Å². The fourth-order valence-electron chi connectivity index (χ4n) is 3.93. The zero-order valence-electron chi connectivity index (χ0n) is 17.7. The number of rotatable bonds is 4. The van der Waals surface area contributed by atoms with Crippen LogP contribution in [0.3, 0.4) is 0 Å². The molecule has 7 nitrogen and oxygen atoms in total. The Morgan fingerprint density at radius 3 is 2.32 bits per heavy atom. The lowest BCUT2D eigenvalue weighted by molar-refractivity contribution is -0.151. The molecule has 0 amide bonds. The molecule has 3 aromatic rings. The monoisotopic (exact) mass is 418 g/mol. The highest BCUT2D eigenvalue weighted by Gasteiger charge is 2.45. The number of carbonyl (C=O) groups excluding carboxylic acids is 2. The van der Waals surface area contributed by atoms with Gasteiger partial charge in [0.25, 0.3) is 0 Å². The van der Waals surface area contributed by atoms with E-state index in [1.807, 2.05) is 38.1 Å². The van der Waals surface area contributed by atoms with Gasteiger partial charge in [0.15, 0.2) is 0 Å². The molecule has 31 heavy (non-hydrogen) atoms. The zero-order valence-corrected chi connectivity index (χ0v) is 17.7. The van der Waals surface area contributed by atoms with Crippen LogP contribution < -0.4 is 4.74 Å². The highest BCUT2D eigenvalue weighted by Crippen LogP contribution is 2.51. The quantitative estimate of drug-likeness (QED) is 0.582. The molecule has 0 spiro atoms. The molecule has 1 atom stereocenters. The van der Waals surface area contributed by atoms with Gasteiger partial charge in [-0.05, 0) is 38.1 Å². The first-order valence-corrected chi connectivity index (χ1v) is 9.77. The molecule has 0 N–H and O–H groups in total. The Morgan fingerprint density at radius 1 is 0.935 bits per heavy atom. The van der Waals surface area contributed by atoms with Crippen LogP contribution in [0.4, 0.5) is 0 Å². The average molecular weight is 418 g/mol. The molecular weight excluding hydrogens is 396 g/mol. The molecule has 1 aliphatic heterocycles. The highest BCUT2D eigenvalue weighted by molar-refractivity contribution is 5.89. The number of carbonyl (C=O) groups is 2. The Bertz CT molecular complexity index is 1150. The van der Waals surface area contributed by atoms with Gasteiger partial charge in [0.2, 0.25) is 11.8 Å². The number of hydrogen-bond acceptors (Lipinski definition) is 7. The topological polar surface area (TPSA) is 87.6 Å². The largest absolute Gasteiger partial charge is 0.469 e. The molecule has 1 aromatic carbocycles. The van der Waals surface area contributed by atoms with Crippen molar-refractivity contribution < 1.29 is 23.8 Å². The van der Waals surface area contributed by atoms with Crippen LogP contribution in [0, 0.1) is 5.41 Å². The maximum Gasteiger partial charge on any atom is 0.337 e. The predicted molar refractivity (Wildman–Crippen MR) is 113 cm³/mol. The van der Waals surface area contributed by atoms with Crippen LogP contribution >= 0.6 is 0 Å². The lowest BCUT2D eigenvalue weighted by atomic mass is 9.71. The van der Waals surface area contributed by atoms with Gasteiger partial charge in [0.05, 0.1) is 30.9 Å². The third-order valence-corrected chi connectivity index (χ3v) is 5.54. The van der Waals surface area contributed by atoms with Crippen LogP contribution in [0.15, 0.2) is 54.7 Å². The lowest BCUT2D eigenvalue weighted by Crippen LogP contribution is -2.35. The van der Waals surface area contributed by atoms with E-state index >= 15 is 0 Å². The number of esters is 2.